The van der Waals surface area contributed by atoms with Gasteiger partial charge in [-0.25, -0.2) is 0 Å². The monoisotopic (exact) mass is 324 g/mol. The highest BCUT2D eigenvalue weighted by molar-refractivity contribution is 9.10. The van der Waals surface area contributed by atoms with Gasteiger partial charge < -0.3 is 0 Å². The van der Waals surface area contributed by atoms with Crippen molar-refractivity contribution in [3.05, 3.63) is 0 Å². The van der Waals surface area contributed by atoms with Crippen molar-refractivity contribution in [2.45, 2.75) is 48.4 Å². The quantitative estimate of drug-likeness (QED) is 0.645. The lowest BCUT2D eigenvalue weighted by Crippen LogP contribution is -2.25. The lowest BCUT2D eigenvalue weighted by molar-refractivity contribution is -0.128. The normalized spacial score (nSPS) is 17.1. The molecule has 0 heterocycles. The largest absolute Gasteiger partial charge is 0.401 e. The molecular weight excluding hydrogens is 313 g/mol. The Kier molecular flexibility index (Phi) is 6.64. The maximum absolute atomic E-state index is 12.1. The molecule has 13 heavy (non-hydrogen) atoms. The molecule has 0 aliphatic heterocycles. The molecule has 0 radical (unpaired) electrons. The summed E-state index contributed by atoms with van der Waals surface area (Å²) in [6, 6.07) is 0. The van der Waals surface area contributed by atoms with Crippen molar-refractivity contribution >= 4 is 31.9 Å². The van der Waals surface area contributed by atoms with E-state index in [1.807, 2.05) is 6.92 Å². The zero-order valence-corrected chi connectivity index (χ0v) is 10.5. The molecule has 2 unspecified atom stereocenters. The van der Waals surface area contributed by atoms with Crippen molar-refractivity contribution in [2.24, 2.45) is 0 Å². The molecule has 5 heteroatoms. The topological polar surface area (TPSA) is 0 Å². The van der Waals surface area contributed by atoms with E-state index >= 15 is 0 Å². The maximum atomic E-state index is 12.1. The maximum Gasteiger partial charge on any atom is 0.401 e. The average molecular weight is 326 g/mol. The van der Waals surface area contributed by atoms with Crippen molar-refractivity contribution in [1.29, 1.82) is 0 Å². The van der Waals surface area contributed by atoms with E-state index in [4.69, 9.17) is 0 Å². The molecule has 0 nitrogen and oxygen atoms in total. The summed E-state index contributed by atoms with van der Waals surface area (Å²) in [5.41, 5.74) is 0. The Morgan fingerprint density at radius 3 is 2.15 bits per heavy atom. The zero-order chi connectivity index (χ0) is 10.5. The standard InChI is InChI=1S/C8H13Br2F3/c1-2-3-4-6(9)5-7(10)8(11,12)13/h6-7H,2-5H2,1H3. The number of rotatable bonds is 5. The molecular formula is C8H13Br2F3. The second kappa shape index (κ2) is 6.27. The minimum Gasteiger partial charge on any atom is -0.170 e. The number of hydrogen-bond donors (Lipinski definition) is 0. The van der Waals surface area contributed by atoms with E-state index in [2.05, 4.69) is 31.9 Å². The molecule has 0 bridgehead atoms. The molecule has 0 aliphatic carbocycles. The summed E-state index contributed by atoms with van der Waals surface area (Å²) in [6.07, 6.45) is -1.25. The van der Waals surface area contributed by atoms with Crippen molar-refractivity contribution in [3.8, 4) is 0 Å². The Morgan fingerprint density at radius 2 is 1.77 bits per heavy atom. The fourth-order valence-corrected chi connectivity index (χ4v) is 2.55. The van der Waals surface area contributed by atoms with Crippen LogP contribution in [0.3, 0.4) is 0 Å². The zero-order valence-electron chi connectivity index (χ0n) is 7.37. The molecule has 0 saturated carbocycles. The summed E-state index contributed by atoms with van der Waals surface area (Å²) in [7, 11) is 0. The van der Waals surface area contributed by atoms with E-state index in [1.165, 1.54) is 0 Å². The van der Waals surface area contributed by atoms with Crippen LogP contribution < -0.4 is 0 Å². The molecule has 80 valence electrons. The highest BCUT2D eigenvalue weighted by atomic mass is 79.9. The predicted molar refractivity (Wildman–Crippen MR) is 55.6 cm³/mol. The Labute approximate surface area is 93.5 Å². The van der Waals surface area contributed by atoms with Crippen LogP contribution in [0, 0.1) is 0 Å². The molecule has 0 amide bonds. The third kappa shape index (κ3) is 6.77. The van der Waals surface area contributed by atoms with Crippen LogP contribution in [0.5, 0.6) is 0 Å². The first-order valence-corrected chi connectivity index (χ1v) is 6.06. The first kappa shape index (κ1) is 13.8. The van der Waals surface area contributed by atoms with Crippen LogP contribution in [-0.4, -0.2) is 15.8 Å². The fraction of sp³-hybridized carbons (Fsp3) is 1.00. The number of hydrogen-bond acceptors (Lipinski definition) is 0. The minimum atomic E-state index is -4.13. The summed E-state index contributed by atoms with van der Waals surface area (Å²) < 4.78 is 36.2. The summed E-state index contributed by atoms with van der Waals surface area (Å²) in [5.74, 6) is 0. The summed E-state index contributed by atoms with van der Waals surface area (Å²) in [5, 5.41) is 0. The molecule has 0 saturated heterocycles. The van der Waals surface area contributed by atoms with Gasteiger partial charge in [-0.3, -0.25) is 0 Å². The van der Waals surface area contributed by atoms with Crippen molar-refractivity contribution in [1.82, 2.24) is 0 Å². The fourth-order valence-electron chi connectivity index (χ4n) is 0.902. The molecule has 0 spiro atoms. The molecule has 0 aromatic heterocycles. The van der Waals surface area contributed by atoms with Crippen LogP contribution in [0.15, 0.2) is 0 Å². The van der Waals surface area contributed by atoms with E-state index in [9.17, 15) is 13.2 Å². The van der Waals surface area contributed by atoms with Crippen LogP contribution >= 0.6 is 31.9 Å². The van der Waals surface area contributed by atoms with Crippen molar-refractivity contribution in [2.75, 3.05) is 0 Å². The number of halogens is 5. The molecule has 2 atom stereocenters. The molecule has 0 rings (SSSR count). The average Bonchev–Trinajstić information content (AvgIpc) is 1.99. The third-order valence-corrected chi connectivity index (χ3v) is 3.41. The Hall–Kier alpha value is 0.750. The second-order valence-corrected chi connectivity index (χ2v) is 5.38. The van der Waals surface area contributed by atoms with Crippen molar-refractivity contribution in [3.63, 3.8) is 0 Å². The summed E-state index contributed by atoms with van der Waals surface area (Å²) >= 11 is 5.88. The van der Waals surface area contributed by atoms with Crippen LogP contribution in [-0.2, 0) is 0 Å². The van der Waals surface area contributed by atoms with Crippen LogP contribution in [0.1, 0.15) is 32.6 Å². The van der Waals surface area contributed by atoms with Gasteiger partial charge in [-0.1, -0.05) is 51.6 Å². The van der Waals surface area contributed by atoms with Gasteiger partial charge in [0.1, 0.15) is 4.83 Å². The number of alkyl halides is 5. The second-order valence-electron chi connectivity index (χ2n) is 2.98. The van der Waals surface area contributed by atoms with Gasteiger partial charge in [-0.15, -0.1) is 0 Å². The molecule has 0 fully saturated rings. The first-order valence-electron chi connectivity index (χ1n) is 4.22. The van der Waals surface area contributed by atoms with E-state index in [0.717, 1.165) is 19.3 Å². The van der Waals surface area contributed by atoms with E-state index in [-0.39, 0.29) is 11.2 Å². The van der Waals surface area contributed by atoms with Gasteiger partial charge in [-0.2, -0.15) is 13.2 Å². The lowest BCUT2D eigenvalue weighted by atomic mass is 10.1. The smallest absolute Gasteiger partial charge is 0.170 e. The number of unbranched alkanes of at least 4 members (excludes halogenated alkanes) is 1. The minimum absolute atomic E-state index is 0.0431. The van der Waals surface area contributed by atoms with E-state index < -0.39 is 11.0 Å². The SMILES string of the molecule is CCCCC(Br)CC(Br)C(F)(F)F. The van der Waals surface area contributed by atoms with E-state index in [0.29, 0.717) is 0 Å². The Balaban J connectivity index is 3.71. The van der Waals surface area contributed by atoms with E-state index in [1.54, 1.807) is 0 Å². The highest BCUT2D eigenvalue weighted by Crippen LogP contribution is 2.32. The lowest BCUT2D eigenvalue weighted by Gasteiger charge is -2.17. The molecule has 0 N–H and O–H groups in total. The third-order valence-electron chi connectivity index (χ3n) is 1.69. The van der Waals surface area contributed by atoms with Gasteiger partial charge in [0.25, 0.3) is 0 Å². The molecule has 0 aliphatic rings. The predicted octanol–water partition coefficient (Wildman–Crippen LogP) is 4.66. The molecule has 0 aromatic rings. The van der Waals surface area contributed by atoms with Crippen LogP contribution in [0.4, 0.5) is 13.2 Å². The van der Waals surface area contributed by atoms with Gasteiger partial charge in [-0.05, 0) is 12.8 Å². The summed E-state index contributed by atoms with van der Waals surface area (Å²) in [4.78, 5) is -1.43. The summed E-state index contributed by atoms with van der Waals surface area (Å²) in [6.45, 7) is 2.02. The van der Waals surface area contributed by atoms with Gasteiger partial charge in [0, 0.05) is 4.83 Å². The highest BCUT2D eigenvalue weighted by Gasteiger charge is 2.38. The Morgan fingerprint density at radius 1 is 1.23 bits per heavy atom. The van der Waals surface area contributed by atoms with Gasteiger partial charge >= 0.3 is 6.18 Å². The Bertz CT molecular complexity index is 136. The first-order chi connectivity index (χ1) is 5.88. The van der Waals surface area contributed by atoms with Gasteiger partial charge in [0.15, 0.2) is 0 Å². The van der Waals surface area contributed by atoms with Crippen molar-refractivity contribution < 1.29 is 13.2 Å². The van der Waals surface area contributed by atoms with Gasteiger partial charge in [0.2, 0.25) is 0 Å². The van der Waals surface area contributed by atoms with Crippen LogP contribution in [0.25, 0.3) is 0 Å². The molecule has 0 aromatic carbocycles. The van der Waals surface area contributed by atoms with Crippen LogP contribution in [0.2, 0.25) is 0 Å². The van der Waals surface area contributed by atoms with Gasteiger partial charge in [0.05, 0.1) is 0 Å².